The minimum absolute atomic E-state index is 0.00248. The number of ketones is 2. The van der Waals surface area contributed by atoms with Crippen molar-refractivity contribution < 1.29 is 14.3 Å². The fourth-order valence-corrected chi connectivity index (χ4v) is 1.46. The summed E-state index contributed by atoms with van der Waals surface area (Å²) in [6.07, 6.45) is 0.00248. The smallest absolute Gasteiger partial charge is 0.171 e. The van der Waals surface area contributed by atoms with Crippen molar-refractivity contribution in [2.45, 2.75) is 6.42 Å². The van der Waals surface area contributed by atoms with Gasteiger partial charge in [0.25, 0.3) is 0 Å². The van der Waals surface area contributed by atoms with Crippen LogP contribution < -0.4 is 4.74 Å². The number of fused-ring (bicyclic) bond motifs is 1. The second kappa shape index (κ2) is 2.69. The zero-order valence-electron chi connectivity index (χ0n) is 7.16. The topological polar surface area (TPSA) is 43.4 Å². The van der Waals surface area contributed by atoms with Crippen LogP contribution >= 0.6 is 0 Å². The molecule has 0 heterocycles. The number of Topliss-reactive ketones (excluding diaryl/α,β-unsaturated/α-hetero) is 2. The fourth-order valence-electron chi connectivity index (χ4n) is 1.46. The van der Waals surface area contributed by atoms with E-state index < -0.39 is 0 Å². The van der Waals surface area contributed by atoms with Crippen molar-refractivity contribution >= 4 is 11.6 Å². The monoisotopic (exact) mass is 176 g/mol. The van der Waals surface area contributed by atoms with Gasteiger partial charge in [0.15, 0.2) is 11.6 Å². The van der Waals surface area contributed by atoms with Crippen molar-refractivity contribution in [2.75, 3.05) is 7.11 Å². The standard InChI is InChI=1S/C10H8O3/c1-13-6-2-3-7-8(4-6)10(12)5-9(7)11/h2-4H,5H2,1H3. The van der Waals surface area contributed by atoms with E-state index in [0.29, 0.717) is 16.9 Å². The third-order valence-electron chi connectivity index (χ3n) is 2.15. The van der Waals surface area contributed by atoms with Crippen molar-refractivity contribution in [3.05, 3.63) is 29.3 Å². The summed E-state index contributed by atoms with van der Waals surface area (Å²) in [6.45, 7) is 0. The van der Waals surface area contributed by atoms with Gasteiger partial charge in [-0.1, -0.05) is 0 Å². The molecule has 66 valence electrons. The molecule has 0 atom stereocenters. The molecule has 1 aromatic carbocycles. The minimum atomic E-state index is -0.112. The molecule has 0 aliphatic heterocycles. The molecular weight excluding hydrogens is 168 g/mol. The Morgan fingerprint density at radius 2 is 1.85 bits per heavy atom. The van der Waals surface area contributed by atoms with E-state index in [1.54, 1.807) is 18.2 Å². The molecule has 3 nitrogen and oxygen atoms in total. The highest BCUT2D eigenvalue weighted by atomic mass is 16.5. The number of rotatable bonds is 1. The average Bonchev–Trinajstić information content (AvgIpc) is 2.42. The first-order valence-corrected chi connectivity index (χ1v) is 3.97. The second-order valence-corrected chi connectivity index (χ2v) is 2.93. The Labute approximate surface area is 75.3 Å². The summed E-state index contributed by atoms with van der Waals surface area (Å²) in [5.74, 6) is 0.406. The number of carbonyl (C=O) groups is 2. The van der Waals surface area contributed by atoms with Gasteiger partial charge < -0.3 is 4.74 Å². The Hall–Kier alpha value is -1.64. The SMILES string of the molecule is COc1ccc2c(c1)C(=O)CC2=O. The van der Waals surface area contributed by atoms with Crippen LogP contribution in [0.25, 0.3) is 0 Å². The van der Waals surface area contributed by atoms with Gasteiger partial charge in [-0.25, -0.2) is 0 Å². The van der Waals surface area contributed by atoms with E-state index in [-0.39, 0.29) is 18.0 Å². The number of benzene rings is 1. The lowest BCUT2D eigenvalue weighted by Gasteiger charge is -2.00. The Balaban J connectivity index is 2.58. The Bertz CT molecular complexity index is 393. The molecule has 0 unspecified atom stereocenters. The van der Waals surface area contributed by atoms with Crippen molar-refractivity contribution in [3.8, 4) is 5.75 Å². The highest BCUT2D eigenvalue weighted by Gasteiger charge is 2.27. The molecule has 2 rings (SSSR count). The van der Waals surface area contributed by atoms with Crippen molar-refractivity contribution in [1.29, 1.82) is 0 Å². The van der Waals surface area contributed by atoms with Gasteiger partial charge in [0.2, 0.25) is 0 Å². The molecule has 0 aromatic heterocycles. The molecule has 1 aliphatic carbocycles. The van der Waals surface area contributed by atoms with Gasteiger partial charge in [0, 0.05) is 11.1 Å². The summed E-state index contributed by atoms with van der Waals surface area (Å²) >= 11 is 0. The van der Waals surface area contributed by atoms with Crippen LogP contribution in [0, 0.1) is 0 Å². The Morgan fingerprint density at radius 3 is 2.54 bits per heavy atom. The van der Waals surface area contributed by atoms with E-state index in [1.807, 2.05) is 0 Å². The molecule has 0 amide bonds. The first-order chi connectivity index (χ1) is 6.22. The highest BCUT2D eigenvalue weighted by Crippen LogP contribution is 2.25. The van der Waals surface area contributed by atoms with E-state index in [1.165, 1.54) is 7.11 Å². The summed E-state index contributed by atoms with van der Waals surface area (Å²) in [7, 11) is 1.53. The van der Waals surface area contributed by atoms with Crippen LogP contribution in [0.15, 0.2) is 18.2 Å². The molecule has 13 heavy (non-hydrogen) atoms. The zero-order valence-corrected chi connectivity index (χ0v) is 7.16. The van der Waals surface area contributed by atoms with Crippen LogP contribution in [0.4, 0.5) is 0 Å². The van der Waals surface area contributed by atoms with Crippen LogP contribution in [0.1, 0.15) is 27.1 Å². The first-order valence-electron chi connectivity index (χ1n) is 3.97. The van der Waals surface area contributed by atoms with Gasteiger partial charge in [0.05, 0.1) is 13.5 Å². The Morgan fingerprint density at radius 1 is 1.15 bits per heavy atom. The van der Waals surface area contributed by atoms with Crippen LogP contribution in [0.5, 0.6) is 5.75 Å². The van der Waals surface area contributed by atoms with E-state index in [9.17, 15) is 9.59 Å². The van der Waals surface area contributed by atoms with Gasteiger partial charge >= 0.3 is 0 Å². The molecule has 1 aliphatic rings. The Kier molecular flexibility index (Phi) is 1.65. The summed E-state index contributed by atoms with van der Waals surface area (Å²) in [5, 5.41) is 0. The van der Waals surface area contributed by atoms with E-state index in [0.717, 1.165) is 0 Å². The maximum Gasteiger partial charge on any atom is 0.171 e. The second-order valence-electron chi connectivity index (χ2n) is 2.93. The van der Waals surface area contributed by atoms with Crippen LogP contribution in [0.2, 0.25) is 0 Å². The lowest BCUT2D eigenvalue weighted by Crippen LogP contribution is -1.92. The van der Waals surface area contributed by atoms with Crippen LogP contribution in [-0.4, -0.2) is 18.7 Å². The molecule has 1 aromatic rings. The van der Waals surface area contributed by atoms with Crippen molar-refractivity contribution in [3.63, 3.8) is 0 Å². The first kappa shape index (κ1) is 7.98. The van der Waals surface area contributed by atoms with Crippen molar-refractivity contribution in [1.82, 2.24) is 0 Å². The van der Waals surface area contributed by atoms with Gasteiger partial charge in [-0.05, 0) is 18.2 Å². The van der Waals surface area contributed by atoms with Gasteiger partial charge in [-0.2, -0.15) is 0 Å². The average molecular weight is 176 g/mol. The molecule has 0 radical (unpaired) electrons. The number of hydrogen-bond acceptors (Lipinski definition) is 3. The molecule has 0 bridgehead atoms. The molecule has 0 N–H and O–H groups in total. The van der Waals surface area contributed by atoms with Crippen LogP contribution in [0.3, 0.4) is 0 Å². The summed E-state index contributed by atoms with van der Waals surface area (Å²) < 4.78 is 4.96. The van der Waals surface area contributed by atoms with E-state index in [4.69, 9.17) is 4.74 Å². The fraction of sp³-hybridized carbons (Fsp3) is 0.200. The molecule has 0 spiro atoms. The van der Waals surface area contributed by atoms with Gasteiger partial charge in [-0.15, -0.1) is 0 Å². The third kappa shape index (κ3) is 1.13. The molecular formula is C10H8O3. The van der Waals surface area contributed by atoms with Crippen molar-refractivity contribution in [2.24, 2.45) is 0 Å². The van der Waals surface area contributed by atoms with Crippen LogP contribution in [-0.2, 0) is 0 Å². The molecule has 0 fully saturated rings. The minimum Gasteiger partial charge on any atom is -0.497 e. The molecule has 0 saturated heterocycles. The highest BCUT2D eigenvalue weighted by molar-refractivity contribution is 6.24. The van der Waals surface area contributed by atoms with Gasteiger partial charge in [-0.3, -0.25) is 9.59 Å². The predicted molar refractivity (Wildman–Crippen MR) is 46.3 cm³/mol. The number of methoxy groups -OCH3 is 1. The summed E-state index contributed by atoms with van der Waals surface area (Å²) in [5.41, 5.74) is 1.01. The number of ether oxygens (including phenoxy) is 1. The quantitative estimate of drug-likeness (QED) is 0.608. The molecule has 0 saturated carbocycles. The van der Waals surface area contributed by atoms with E-state index >= 15 is 0 Å². The normalized spacial score (nSPS) is 14.5. The number of carbonyl (C=O) groups excluding carboxylic acids is 2. The largest absolute Gasteiger partial charge is 0.497 e. The van der Waals surface area contributed by atoms with Gasteiger partial charge in [0.1, 0.15) is 5.75 Å². The lowest BCUT2D eigenvalue weighted by atomic mass is 10.1. The van der Waals surface area contributed by atoms with E-state index in [2.05, 4.69) is 0 Å². The maximum atomic E-state index is 11.3. The summed E-state index contributed by atoms with van der Waals surface area (Å²) in [6, 6.07) is 4.94. The summed E-state index contributed by atoms with van der Waals surface area (Å²) in [4.78, 5) is 22.5. The lowest BCUT2D eigenvalue weighted by molar-refractivity contribution is 0.0923. The molecule has 3 heteroatoms. The third-order valence-corrected chi connectivity index (χ3v) is 2.15. The maximum absolute atomic E-state index is 11.3. The number of hydrogen-bond donors (Lipinski definition) is 0. The predicted octanol–water partition coefficient (Wildman–Crippen LogP) is 1.46. The zero-order chi connectivity index (χ0) is 9.42.